The van der Waals surface area contributed by atoms with Gasteiger partial charge in [-0.25, -0.2) is 9.59 Å². The predicted molar refractivity (Wildman–Crippen MR) is 188 cm³/mol. The van der Waals surface area contributed by atoms with E-state index in [1.165, 1.54) is 0 Å². The highest BCUT2D eigenvalue weighted by molar-refractivity contribution is 6.02. The zero-order chi connectivity index (χ0) is 35.0. The zero-order valence-corrected chi connectivity index (χ0v) is 27.4. The monoisotopic (exact) mass is 673 g/mol. The average Bonchev–Trinajstić information content (AvgIpc) is 3.14. The van der Waals surface area contributed by atoms with Crippen LogP contribution in [0.1, 0.15) is 39.2 Å². The number of amides is 3. The largest absolute Gasteiger partial charge is 0.445 e. The number of nitrogens with one attached hydrogen (secondary N) is 3. The minimum atomic E-state index is -1.08. The minimum Gasteiger partial charge on any atom is -0.445 e. The average molecular weight is 674 g/mol. The maximum absolute atomic E-state index is 13.8. The third-order valence-electron chi connectivity index (χ3n) is 7.83. The molecule has 0 radical (unpaired) electrons. The summed E-state index contributed by atoms with van der Waals surface area (Å²) in [5.41, 5.74) is 3.63. The number of aliphatic hydroxyl groups excluding tert-OH is 1. The summed E-state index contributed by atoms with van der Waals surface area (Å²) < 4.78 is 10.7. The number of hydrogen-bond donors (Lipinski definition) is 4. The van der Waals surface area contributed by atoms with Gasteiger partial charge in [-0.1, -0.05) is 84.9 Å². The van der Waals surface area contributed by atoms with Crippen molar-refractivity contribution in [2.75, 3.05) is 5.32 Å². The summed E-state index contributed by atoms with van der Waals surface area (Å²) in [5.74, 6) is -0.456. The number of para-hydroxylation sites is 1. The highest BCUT2D eigenvalue weighted by atomic mass is 16.6. The Hall–Kier alpha value is -6.07. The van der Waals surface area contributed by atoms with Gasteiger partial charge in [-0.3, -0.25) is 20.1 Å². The number of nitrogens with zero attached hydrogens (tertiary/aromatic N) is 2. The number of ether oxygens (including phenoxy) is 2. The number of carbonyl (C=O) groups excluding carboxylic acids is 3. The highest BCUT2D eigenvalue weighted by Gasteiger charge is 2.27. The van der Waals surface area contributed by atoms with Crippen molar-refractivity contribution in [3.05, 3.63) is 162 Å². The van der Waals surface area contributed by atoms with E-state index in [-0.39, 0.29) is 30.9 Å². The number of carbonyl (C=O) groups is 3. The summed E-state index contributed by atoms with van der Waals surface area (Å²) in [6.07, 6.45) is 3.17. The lowest BCUT2D eigenvalue weighted by Crippen LogP contribution is -2.48. The Morgan fingerprint density at radius 2 is 1.32 bits per heavy atom. The van der Waals surface area contributed by atoms with E-state index in [0.29, 0.717) is 18.5 Å². The highest BCUT2D eigenvalue weighted by Crippen LogP contribution is 2.19. The first-order chi connectivity index (χ1) is 24.4. The van der Waals surface area contributed by atoms with E-state index in [2.05, 4.69) is 25.9 Å². The van der Waals surface area contributed by atoms with E-state index in [1.807, 2.05) is 60.7 Å². The van der Waals surface area contributed by atoms with Crippen LogP contribution in [0.5, 0.6) is 0 Å². The zero-order valence-electron chi connectivity index (χ0n) is 27.4. The molecule has 256 valence electrons. The van der Waals surface area contributed by atoms with Crippen LogP contribution in [0, 0.1) is 0 Å². The van der Waals surface area contributed by atoms with Gasteiger partial charge in [0, 0.05) is 30.2 Å². The third kappa shape index (κ3) is 11.3. The second-order valence-corrected chi connectivity index (χ2v) is 11.6. The van der Waals surface area contributed by atoms with Crippen LogP contribution in [0.3, 0.4) is 0 Å². The number of alkyl carbamates (subject to hydrolysis) is 1. The van der Waals surface area contributed by atoms with Gasteiger partial charge in [-0.15, -0.1) is 0 Å². The molecular weight excluding hydrogens is 634 g/mol. The van der Waals surface area contributed by atoms with Gasteiger partial charge in [-0.05, 0) is 60.7 Å². The van der Waals surface area contributed by atoms with Crippen LogP contribution in [-0.2, 0) is 35.5 Å². The van der Waals surface area contributed by atoms with Crippen LogP contribution in [0.2, 0.25) is 0 Å². The first-order valence-electron chi connectivity index (χ1n) is 16.2. The molecule has 0 aliphatic carbocycles. The van der Waals surface area contributed by atoms with E-state index < -0.39 is 36.3 Å². The number of pyridine rings is 2. The molecule has 2 heterocycles. The summed E-state index contributed by atoms with van der Waals surface area (Å²) in [7, 11) is 0. The van der Waals surface area contributed by atoms with E-state index in [9.17, 15) is 19.5 Å². The number of hydrogen-bond acceptors (Lipinski definition) is 8. The SMILES string of the molecule is O=C(Nc1ccccc1C(=O)N[C@@H](Cc1ccccc1)C[C@H](O)[C@H](Cc1ccccc1)NC(=O)OCc1cccnc1)OCc1ccccn1. The molecule has 0 aliphatic rings. The van der Waals surface area contributed by atoms with Gasteiger partial charge in [0.25, 0.3) is 5.91 Å². The van der Waals surface area contributed by atoms with Crippen molar-refractivity contribution in [3.63, 3.8) is 0 Å². The van der Waals surface area contributed by atoms with Gasteiger partial charge in [0.2, 0.25) is 0 Å². The Morgan fingerprint density at radius 3 is 2.02 bits per heavy atom. The molecule has 0 saturated heterocycles. The fourth-order valence-corrected chi connectivity index (χ4v) is 5.35. The lowest BCUT2D eigenvalue weighted by molar-refractivity contribution is 0.0813. The van der Waals surface area contributed by atoms with E-state index >= 15 is 0 Å². The van der Waals surface area contributed by atoms with Crippen molar-refractivity contribution >= 4 is 23.8 Å². The van der Waals surface area contributed by atoms with Crippen LogP contribution >= 0.6 is 0 Å². The van der Waals surface area contributed by atoms with Gasteiger partial charge in [0.1, 0.15) is 13.2 Å². The molecule has 3 amide bonds. The molecule has 11 heteroatoms. The fraction of sp³-hybridized carbons (Fsp3) is 0.205. The predicted octanol–water partition coefficient (Wildman–Crippen LogP) is 5.86. The van der Waals surface area contributed by atoms with Crippen LogP contribution in [0.15, 0.2) is 134 Å². The Balaban J connectivity index is 1.29. The summed E-state index contributed by atoms with van der Waals surface area (Å²) in [6.45, 7) is -0.0160. The molecule has 0 unspecified atom stereocenters. The third-order valence-corrected chi connectivity index (χ3v) is 7.83. The molecular formula is C39H39N5O6. The molecule has 0 bridgehead atoms. The lowest BCUT2D eigenvalue weighted by atomic mass is 9.93. The summed E-state index contributed by atoms with van der Waals surface area (Å²) in [5, 5.41) is 20.2. The summed E-state index contributed by atoms with van der Waals surface area (Å²) in [4.78, 5) is 47.5. The maximum Gasteiger partial charge on any atom is 0.412 e. The quantitative estimate of drug-likeness (QED) is 0.108. The van der Waals surface area contributed by atoms with E-state index in [0.717, 1.165) is 16.7 Å². The molecule has 2 aromatic heterocycles. The van der Waals surface area contributed by atoms with Crippen molar-refractivity contribution < 1.29 is 29.0 Å². The Kier molecular flexibility index (Phi) is 13.0. The van der Waals surface area contributed by atoms with Crippen LogP contribution < -0.4 is 16.0 Å². The second kappa shape index (κ2) is 18.5. The van der Waals surface area contributed by atoms with Gasteiger partial charge in [-0.2, -0.15) is 0 Å². The van der Waals surface area contributed by atoms with Crippen molar-refractivity contribution in [2.45, 2.75) is 50.7 Å². The molecule has 0 saturated carbocycles. The number of aliphatic hydroxyl groups is 1. The first kappa shape index (κ1) is 35.2. The Morgan fingerprint density at radius 1 is 0.660 bits per heavy atom. The van der Waals surface area contributed by atoms with Crippen molar-refractivity contribution in [1.29, 1.82) is 0 Å². The van der Waals surface area contributed by atoms with Crippen LogP contribution in [0.4, 0.5) is 15.3 Å². The lowest BCUT2D eigenvalue weighted by Gasteiger charge is -2.28. The molecule has 5 rings (SSSR count). The van der Waals surface area contributed by atoms with Crippen molar-refractivity contribution in [3.8, 4) is 0 Å². The number of benzene rings is 3. The summed E-state index contributed by atoms with van der Waals surface area (Å²) in [6, 6.07) is 33.2. The van der Waals surface area contributed by atoms with Crippen molar-refractivity contribution in [1.82, 2.24) is 20.6 Å². The number of rotatable bonds is 15. The van der Waals surface area contributed by atoms with E-state index in [4.69, 9.17) is 9.47 Å². The van der Waals surface area contributed by atoms with Crippen LogP contribution in [0.25, 0.3) is 0 Å². The molecule has 0 spiro atoms. The normalized spacial score (nSPS) is 12.5. The van der Waals surface area contributed by atoms with Gasteiger partial charge < -0.3 is 25.2 Å². The molecule has 4 N–H and O–H groups in total. The molecule has 0 fully saturated rings. The summed E-state index contributed by atoms with van der Waals surface area (Å²) >= 11 is 0. The second-order valence-electron chi connectivity index (χ2n) is 11.6. The standard InChI is InChI=1S/C39H39N5O6/c45-36(35(23-29-14-5-2-6-15-29)44-39(48)49-26-30-16-11-20-40-25-30)24-32(22-28-12-3-1-4-13-28)42-37(46)33-18-7-8-19-34(33)43-38(47)50-27-31-17-9-10-21-41-31/h1-21,25,32,35-36,45H,22-24,26-27H2,(H,42,46)(H,43,47)(H,44,48)/t32-,35-,36-/m0/s1. The van der Waals surface area contributed by atoms with Gasteiger partial charge >= 0.3 is 12.2 Å². The first-order valence-corrected chi connectivity index (χ1v) is 16.2. The molecule has 50 heavy (non-hydrogen) atoms. The molecule has 11 nitrogen and oxygen atoms in total. The molecule has 5 aromatic rings. The van der Waals surface area contributed by atoms with Crippen molar-refractivity contribution in [2.24, 2.45) is 0 Å². The molecule has 3 atom stereocenters. The maximum atomic E-state index is 13.8. The molecule has 0 aliphatic heterocycles. The number of anilines is 1. The Labute approximate surface area is 290 Å². The van der Waals surface area contributed by atoms with Gasteiger partial charge in [0.05, 0.1) is 29.1 Å². The fourth-order valence-electron chi connectivity index (χ4n) is 5.35. The smallest absolute Gasteiger partial charge is 0.412 e. The molecule has 3 aromatic carbocycles. The minimum absolute atomic E-state index is 0.0185. The number of aromatic nitrogens is 2. The van der Waals surface area contributed by atoms with Gasteiger partial charge in [0.15, 0.2) is 0 Å². The van der Waals surface area contributed by atoms with Crippen LogP contribution in [-0.4, -0.2) is 51.4 Å². The Bertz CT molecular complexity index is 1800. The van der Waals surface area contributed by atoms with E-state index in [1.54, 1.807) is 73.2 Å². The topological polar surface area (TPSA) is 152 Å².